The summed E-state index contributed by atoms with van der Waals surface area (Å²) in [5, 5.41) is 9.51. The summed E-state index contributed by atoms with van der Waals surface area (Å²) in [6.45, 7) is 1.99. The lowest BCUT2D eigenvalue weighted by Crippen LogP contribution is -2.03. The standard InChI is InChI=1S/C14H15NO3/c1-9-4-3-5-10-11(8-15(2)14(9)10)12(16)6-7-13(17)18/h3-5,8H,6-7H2,1-2H3,(H,17,18). The van der Waals surface area contributed by atoms with E-state index in [0.717, 1.165) is 16.5 Å². The van der Waals surface area contributed by atoms with Gasteiger partial charge >= 0.3 is 5.97 Å². The van der Waals surface area contributed by atoms with Crippen LogP contribution in [0.15, 0.2) is 24.4 Å². The van der Waals surface area contributed by atoms with Crippen LogP contribution in [-0.2, 0) is 11.8 Å². The number of carbonyl (C=O) groups excluding carboxylic acids is 1. The molecule has 4 heteroatoms. The molecule has 94 valence electrons. The molecular weight excluding hydrogens is 230 g/mol. The number of carbonyl (C=O) groups is 2. The van der Waals surface area contributed by atoms with E-state index in [4.69, 9.17) is 5.11 Å². The van der Waals surface area contributed by atoms with Crippen LogP contribution >= 0.6 is 0 Å². The van der Waals surface area contributed by atoms with Crippen LogP contribution in [-0.4, -0.2) is 21.4 Å². The Morgan fingerprint density at radius 3 is 2.67 bits per heavy atom. The van der Waals surface area contributed by atoms with Crippen LogP contribution in [0.2, 0.25) is 0 Å². The average molecular weight is 245 g/mol. The first-order valence-corrected chi connectivity index (χ1v) is 5.80. The molecule has 0 bridgehead atoms. The molecule has 0 amide bonds. The van der Waals surface area contributed by atoms with Gasteiger partial charge in [-0.25, -0.2) is 0 Å². The van der Waals surface area contributed by atoms with Gasteiger partial charge in [0.1, 0.15) is 0 Å². The molecule has 0 fully saturated rings. The fourth-order valence-electron chi connectivity index (χ4n) is 2.25. The highest BCUT2D eigenvalue weighted by Gasteiger charge is 2.15. The molecule has 0 saturated heterocycles. The van der Waals surface area contributed by atoms with Crippen LogP contribution in [0, 0.1) is 6.92 Å². The number of ketones is 1. The van der Waals surface area contributed by atoms with Gasteiger partial charge in [-0.2, -0.15) is 0 Å². The first-order chi connectivity index (χ1) is 8.50. The van der Waals surface area contributed by atoms with Gasteiger partial charge in [-0.3, -0.25) is 9.59 Å². The summed E-state index contributed by atoms with van der Waals surface area (Å²) in [6.07, 6.45) is 1.70. The molecule has 1 heterocycles. The van der Waals surface area contributed by atoms with E-state index in [-0.39, 0.29) is 18.6 Å². The zero-order valence-electron chi connectivity index (χ0n) is 10.4. The van der Waals surface area contributed by atoms with Crippen molar-refractivity contribution in [3.63, 3.8) is 0 Å². The number of fused-ring (bicyclic) bond motifs is 1. The molecule has 0 saturated carbocycles. The van der Waals surface area contributed by atoms with Gasteiger partial charge in [0.25, 0.3) is 0 Å². The second kappa shape index (κ2) is 4.64. The summed E-state index contributed by atoms with van der Waals surface area (Å²) >= 11 is 0. The lowest BCUT2D eigenvalue weighted by Gasteiger charge is -2.00. The van der Waals surface area contributed by atoms with Crippen LogP contribution in [0.4, 0.5) is 0 Å². The third kappa shape index (κ3) is 2.14. The lowest BCUT2D eigenvalue weighted by atomic mass is 10.0. The summed E-state index contributed by atoms with van der Waals surface area (Å²) in [5.74, 6) is -1.06. The maximum absolute atomic E-state index is 12.0. The second-order valence-corrected chi connectivity index (χ2v) is 4.44. The Morgan fingerprint density at radius 2 is 2.00 bits per heavy atom. The van der Waals surface area contributed by atoms with Crippen LogP contribution in [0.1, 0.15) is 28.8 Å². The second-order valence-electron chi connectivity index (χ2n) is 4.44. The number of hydrogen-bond donors (Lipinski definition) is 1. The van der Waals surface area contributed by atoms with Crippen molar-refractivity contribution in [1.82, 2.24) is 4.57 Å². The number of benzene rings is 1. The Kier molecular flexibility index (Phi) is 3.19. The number of aryl methyl sites for hydroxylation is 2. The molecule has 4 nitrogen and oxygen atoms in total. The summed E-state index contributed by atoms with van der Waals surface area (Å²) in [5.41, 5.74) is 2.74. The van der Waals surface area contributed by atoms with Crippen molar-refractivity contribution in [3.05, 3.63) is 35.5 Å². The molecule has 0 unspecified atom stereocenters. The number of Topliss-reactive ketones (excluding diaryl/α,β-unsaturated/α-hetero) is 1. The highest BCUT2D eigenvalue weighted by molar-refractivity contribution is 6.09. The van der Waals surface area contributed by atoms with Gasteiger partial charge in [-0.05, 0) is 12.5 Å². The van der Waals surface area contributed by atoms with E-state index in [9.17, 15) is 9.59 Å². The summed E-state index contributed by atoms with van der Waals surface area (Å²) in [7, 11) is 1.89. The molecule has 0 aliphatic heterocycles. The largest absolute Gasteiger partial charge is 0.481 e. The summed E-state index contributed by atoms with van der Waals surface area (Å²) in [4.78, 5) is 22.5. The molecule has 0 spiro atoms. The van der Waals surface area contributed by atoms with Gasteiger partial charge in [-0.1, -0.05) is 18.2 Å². The van der Waals surface area contributed by atoms with Gasteiger partial charge in [0, 0.05) is 30.6 Å². The summed E-state index contributed by atoms with van der Waals surface area (Å²) in [6, 6.07) is 5.80. The predicted molar refractivity (Wildman–Crippen MR) is 68.9 cm³/mol. The topological polar surface area (TPSA) is 59.3 Å². The molecule has 2 rings (SSSR count). The number of aliphatic carboxylic acids is 1. The normalized spacial score (nSPS) is 10.8. The number of hydrogen-bond acceptors (Lipinski definition) is 2. The Hall–Kier alpha value is -2.10. The van der Waals surface area contributed by atoms with Gasteiger partial charge in [-0.15, -0.1) is 0 Å². The van der Waals surface area contributed by atoms with Crippen LogP contribution in [0.25, 0.3) is 10.9 Å². The van der Waals surface area contributed by atoms with Crippen molar-refractivity contribution in [3.8, 4) is 0 Å². The fourth-order valence-corrected chi connectivity index (χ4v) is 2.25. The Bertz CT molecular complexity index is 625. The third-order valence-corrected chi connectivity index (χ3v) is 3.07. The van der Waals surface area contributed by atoms with Gasteiger partial charge in [0.15, 0.2) is 5.78 Å². The zero-order valence-corrected chi connectivity index (χ0v) is 10.4. The molecule has 18 heavy (non-hydrogen) atoms. The first kappa shape index (κ1) is 12.4. The number of carboxylic acids is 1. The number of carboxylic acid groups (broad SMARTS) is 1. The van der Waals surface area contributed by atoms with Crippen LogP contribution in [0.5, 0.6) is 0 Å². The van der Waals surface area contributed by atoms with E-state index in [0.29, 0.717) is 5.56 Å². The van der Waals surface area contributed by atoms with Crippen molar-refractivity contribution in [2.45, 2.75) is 19.8 Å². The van der Waals surface area contributed by atoms with Crippen molar-refractivity contribution < 1.29 is 14.7 Å². The Balaban J connectivity index is 2.43. The molecule has 2 aromatic rings. The number of rotatable bonds is 4. The van der Waals surface area contributed by atoms with E-state index in [1.54, 1.807) is 6.20 Å². The highest BCUT2D eigenvalue weighted by atomic mass is 16.4. The van der Waals surface area contributed by atoms with Crippen molar-refractivity contribution in [1.29, 1.82) is 0 Å². The molecular formula is C14H15NO3. The SMILES string of the molecule is Cc1cccc2c(C(=O)CCC(=O)O)cn(C)c12. The van der Waals surface area contributed by atoms with Crippen molar-refractivity contribution >= 4 is 22.7 Å². The minimum absolute atomic E-state index is 0.0440. The number of para-hydroxylation sites is 1. The summed E-state index contributed by atoms with van der Waals surface area (Å²) < 4.78 is 1.92. The van der Waals surface area contributed by atoms with Gasteiger partial charge < -0.3 is 9.67 Å². The minimum atomic E-state index is -0.945. The zero-order chi connectivity index (χ0) is 13.3. The maximum atomic E-state index is 12.0. The molecule has 0 aliphatic carbocycles. The van der Waals surface area contributed by atoms with E-state index in [2.05, 4.69) is 0 Å². The number of nitrogens with zero attached hydrogens (tertiary/aromatic N) is 1. The molecule has 1 aromatic heterocycles. The highest BCUT2D eigenvalue weighted by Crippen LogP contribution is 2.24. The van der Waals surface area contributed by atoms with Crippen molar-refractivity contribution in [2.75, 3.05) is 0 Å². The van der Waals surface area contributed by atoms with E-state index >= 15 is 0 Å². The van der Waals surface area contributed by atoms with E-state index in [1.807, 2.05) is 36.7 Å². The molecule has 0 radical (unpaired) electrons. The van der Waals surface area contributed by atoms with Crippen LogP contribution in [0.3, 0.4) is 0 Å². The Morgan fingerprint density at radius 1 is 1.28 bits per heavy atom. The minimum Gasteiger partial charge on any atom is -0.481 e. The van der Waals surface area contributed by atoms with E-state index < -0.39 is 5.97 Å². The average Bonchev–Trinajstić information content (AvgIpc) is 2.65. The Labute approximate surface area is 105 Å². The predicted octanol–water partition coefficient (Wildman–Crippen LogP) is 2.53. The van der Waals surface area contributed by atoms with E-state index in [1.165, 1.54) is 0 Å². The smallest absolute Gasteiger partial charge is 0.303 e. The van der Waals surface area contributed by atoms with Gasteiger partial charge in [0.2, 0.25) is 0 Å². The maximum Gasteiger partial charge on any atom is 0.303 e. The fraction of sp³-hybridized carbons (Fsp3) is 0.286. The van der Waals surface area contributed by atoms with Crippen molar-refractivity contribution in [2.24, 2.45) is 7.05 Å². The number of aromatic nitrogens is 1. The van der Waals surface area contributed by atoms with Gasteiger partial charge in [0.05, 0.1) is 11.9 Å². The first-order valence-electron chi connectivity index (χ1n) is 5.80. The van der Waals surface area contributed by atoms with Crippen LogP contribution < -0.4 is 0 Å². The quantitative estimate of drug-likeness (QED) is 0.842. The molecule has 0 atom stereocenters. The monoisotopic (exact) mass is 245 g/mol. The molecule has 1 N–H and O–H groups in total. The lowest BCUT2D eigenvalue weighted by molar-refractivity contribution is -0.136. The molecule has 1 aromatic carbocycles. The molecule has 0 aliphatic rings. The third-order valence-electron chi connectivity index (χ3n) is 3.07.